The van der Waals surface area contributed by atoms with Crippen molar-refractivity contribution in [3.05, 3.63) is 81.5 Å². The lowest BCUT2D eigenvalue weighted by atomic mass is 10.1. The van der Waals surface area contributed by atoms with Gasteiger partial charge in [0.25, 0.3) is 0 Å². The minimum atomic E-state index is -4.35. The average Bonchev–Trinajstić information content (AvgIpc) is 2.67. The quantitative estimate of drug-likeness (QED) is 0.468. The summed E-state index contributed by atoms with van der Waals surface area (Å²) in [6, 6.07) is 12.2. The van der Waals surface area contributed by atoms with Crippen molar-refractivity contribution in [3.8, 4) is 0 Å². The molecule has 0 spiro atoms. The maximum absolute atomic E-state index is 12.8. The van der Waals surface area contributed by atoms with Gasteiger partial charge in [-0.05, 0) is 41.8 Å². The van der Waals surface area contributed by atoms with Crippen molar-refractivity contribution in [2.24, 2.45) is 0 Å². The molecule has 3 rings (SSSR count). The fourth-order valence-electron chi connectivity index (χ4n) is 2.61. The fraction of sp³-hybridized carbons (Fsp3) is 0.200. The van der Waals surface area contributed by atoms with Crippen LogP contribution in [-0.2, 0) is 19.1 Å². The SMILES string of the molecule is FC(F)(F)c1cccc(CCNc2nccc(NCc3ccc(Cl)cc3Cl)n2)c1. The summed E-state index contributed by atoms with van der Waals surface area (Å²) in [5.74, 6) is 0.969. The zero-order chi connectivity index (χ0) is 20.9. The minimum Gasteiger partial charge on any atom is -0.366 e. The molecule has 1 aromatic heterocycles. The van der Waals surface area contributed by atoms with Gasteiger partial charge in [0, 0.05) is 29.3 Å². The van der Waals surface area contributed by atoms with E-state index in [1.165, 1.54) is 6.07 Å². The van der Waals surface area contributed by atoms with Crippen LogP contribution in [0.5, 0.6) is 0 Å². The summed E-state index contributed by atoms with van der Waals surface area (Å²) >= 11 is 12.0. The number of anilines is 2. The normalized spacial score (nSPS) is 11.3. The van der Waals surface area contributed by atoms with Crippen LogP contribution in [0, 0.1) is 0 Å². The van der Waals surface area contributed by atoms with E-state index in [2.05, 4.69) is 20.6 Å². The molecule has 0 amide bonds. The van der Waals surface area contributed by atoms with Gasteiger partial charge >= 0.3 is 6.18 Å². The lowest BCUT2D eigenvalue weighted by Crippen LogP contribution is -2.10. The van der Waals surface area contributed by atoms with Gasteiger partial charge in [0.15, 0.2) is 0 Å². The Morgan fingerprint density at radius 3 is 2.55 bits per heavy atom. The molecule has 0 atom stereocenters. The Balaban J connectivity index is 1.55. The first-order valence-electron chi connectivity index (χ1n) is 8.72. The number of halogens is 5. The standard InChI is InChI=1S/C20H17Cl2F3N4/c21-16-5-4-14(17(22)11-16)12-28-18-7-9-27-19(29-18)26-8-6-13-2-1-3-15(10-13)20(23,24)25/h1-5,7,9-11H,6,8,12H2,(H2,26,27,28,29). The Kier molecular flexibility index (Phi) is 6.82. The summed E-state index contributed by atoms with van der Waals surface area (Å²) < 4.78 is 38.3. The number of hydrogen-bond acceptors (Lipinski definition) is 4. The number of nitrogens with zero attached hydrogens (tertiary/aromatic N) is 2. The molecule has 152 valence electrons. The third kappa shape index (κ3) is 6.24. The number of alkyl halides is 3. The Bertz CT molecular complexity index is 980. The summed E-state index contributed by atoms with van der Waals surface area (Å²) in [5, 5.41) is 7.29. The van der Waals surface area contributed by atoms with E-state index >= 15 is 0 Å². The Morgan fingerprint density at radius 2 is 1.79 bits per heavy atom. The van der Waals surface area contributed by atoms with Gasteiger partial charge in [-0.1, -0.05) is 47.5 Å². The van der Waals surface area contributed by atoms with E-state index in [4.69, 9.17) is 23.2 Å². The van der Waals surface area contributed by atoms with Gasteiger partial charge in [0.05, 0.1) is 5.56 Å². The van der Waals surface area contributed by atoms with Crippen LogP contribution in [0.2, 0.25) is 10.0 Å². The highest BCUT2D eigenvalue weighted by Crippen LogP contribution is 2.29. The van der Waals surface area contributed by atoms with Crippen molar-refractivity contribution in [2.75, 3.05) is 17.2 Å². The number of hydrogen-bond donors (Lipinski definition) is 2. The van der Waals surface area contributed by atoms with E-state index in [9.17, 15) is 13.2 Å². The van der Waals surface area contributed by atoms with Crippen LogP contribution in [0.3, 0.4) is 0 Å². The van der Waals surface area contributed by atoms with Crippen LogP contribution >= 0.6 is 23.2 Å². The summed E-state index contributed by atoms with van der Waals surface area (Å²) in [7, 11) is 0. The van der Waals surface area contributed by atoms with E-state index in [0.717, 1.165) is 17.7 Å². The summed E-state index contributed by atoms with van der Waals surface area (Å²) in [4.78, 5) is 8.47. The molecule has 29 heavy (non-hydrogen) atoms. The van der Waals surface area contributed by atoms with Crippen LogP contribution in [0.15, 0.2) is 54.7 Å². The van der Waals surface area contributed by atoms with Gasteiger partial charge in [-0.2, -0.15) is 18.2 Å². The van der Waals surface area contributed by atoms with E-state index in [0.29, 0.717) is 46.9 Å². The van der Waals surface area contributed by atoms with Crippen molar-refractivity contribution in [1.82, 2.24) is 9.97 Å². The second kappa shape index (κ2) is 9.33. The van der Waals surface area contributed by atoms with Gasteiger partial charge in [-0.3, -0.25) is 0 Å². The monoisotopic (exact) mass is 440 g/mol. The largest absolute Gasteiger partial charge is 0.416 e. The molecule has 4 nitrogen and oxygen atoms in total. The minimum absolute atomic E-state index is 0.379. The third-order valence-corrected chi connectivity index (χ3v) is 4.67. The molecule has 2 aromatic carbocycles. The van der Waals surface area contributed by atoms with Gasteiger partial charge in [-0.25, -0.2) is 4.98 Å². The molecule has 0 aliphatic carbocycles. The highest BCUT2D eigenvalue weighted by molar-refractivity contribution is 6.35. The smallest absolute Gasteiger partial charge is 0.366 e. The molecule has 0 saturated carbocycles. The van der Waals surface area contributed by atoms with Gasteiger partial charge in [0.2, 0.25) is 5.95 Å². The maximum atomic E-state index is 12.8. The first-order chi connectivity index (χ1) is 13.8. The molecule has 2 N–H and O–H groups in total. The molecule has 3 aromatic rings. The molecule has 0 saturated heterocycles. The average molecular weight is 441 g/mol. The van der Waals surface area contributed by atoms with Crippen LogP contribution in [0.25, 0.3) is 0 Å². The summed E-state index contributed by atoms with van der Waals surface area (Å²) in [6.45, 7) is 0.852. The number of rotatable bonds is 7. The predicted octanol–water partition coefficient (Wildman–Crippen LogP) is 6.07. The van der Waals surface area contributed by atoms with E-state index in [1.54, 1.807) is 30.5 Å². The first-order valence-corrected chi connectivity index (χ1v) is 9.48. The van der Waals surface area contributed by atoms with E-state index in [-0.39, 0.29) is 0 Å². The third-order valence-electron chi connectivity index (χ3n) is 4.08. The Labute approximate surface area is 176 Å². The molecular formula is C20H17Cl2F3N4. The number of benzene rings is 2. The van der Waals surface area contributed by atoms with Gasteiger partial charge < -0.3 is 10.6 Å². The second-order valence-electron chi connectivity index (χ2n) is 6.23. The second-order valence-corrected chi connectivity index (χ2v) is 7.07. The van der Waals surface area contributed by atoms with E-state index in [1.807, 2.05) is 6.07 Å². The van der Waals surface area contributed by atoms with Gasteiger partial charge in [0.1, 0.15) is 5.82 Å². The van der Waals surface area contributed by atoms with Crippen LogP contribution in [-0.4, -0.2) is 16.5 Å². The molecule has 0 radical (unpaired) electrons. The lowest BCUT2D eigenvalue weighted by molar-refractivity contribution is -0.137. The number of aromatic nitrogens is 2. The molecule has 1 heterocycles. The van der Waals surface area contributed by atoms with Crippen molar-refractivity contribution in [3.63, 3.8) is 0 Å². The predicted molar refractivity (Wildman–Crippen MR) is 109 cm³/mol. The molecule has 0 fully saturated rings. The summed E-state index contributed by atoms with van der Waals surface area (Å²) in [6.07, 6.45) is -2.35. The molecule has 0 unspecified atom stereocenters. The topological polar surface area (TPSA) is 49.8 Å². The van der Waals surface area contributed by atoms with Crippen LogP contribution in [0.4, 0.5) is 24.9 Å². The van der Waals surface area contributed by atoms with E-state index < -0.39 is 11.7 Å². The highest BCUT2D eigenvalue weighted by Gasteiger charge is 2.30. The lowest BCUT2D eigenvalue weighted by Gasteiger charge is -2.11. The molecule has 0 aliphatic heterocycles. The molecule has 0 bridgehead atoms. The molecule has 0 aliphatic rings. The number of nitrogens with one attached hydrogen (secondary N) is 2. The van der Waals surface area contributed by atoms with Crippen LogP contribution in [0.1, 0.15) is 16.7 Å². The zero-order valence-electron chi connectivity index (χ0n) is 15.1. The fourth-order valence-corrected chi connectivity index (χ4v) is 3.09. The van der Waals surface area contributed by atoms with Crippen molar-refractivity contribution in [1.29, 1.82) is 0 Å². The molecule has 9 heteroatoms. The van der Waals surface area contributed by atoms with Crippen molar-refractivity contribution >= 4 is 35.0 Å². The Morgan fingerprint density at radius 1 is 0.966 bits per heavy atom. The highest BCUT2D eigenvalue weighted by atomic mass is 35.5. The Hall–Kier alpha value is -2.51. The zero-order valence-corrected chi connectivity index (χ0v) is 16.6. The summed E-state index contributed by atoms with van der Waals surface area (Å²) in [5.41, 5.74) is 0.797. The maximum Gasteiger partial charge on any atom is 0.416 e. The first kappa shape index (κ1) is 21.2. The van der Waals surface area contributed by atoms with Crippen LogP contribution < -0.4 is 10.6 Å². The van der Waals surface area contributed by atoms with Gasteiger partial charge in [-0.15, -0.1) is 0 Å². The molecular weight excluding hydrogens is 424 g/mol. The van der Waals surface area contributed by atoms with Crippen molar-refractivity contribution in [2.45, 2.75) is 19.1 Å². The van der Waals surface area contributed by atoms with Crippen molar-refractivity contribution < 1.29 is 13.2 Å².